The van der Waals surface area contributed by atoms with Gasteiger partial charge in [-0.25, -0.2) is 4.98 Å². The Hall–Kier alpha value is -0.970. The van der Waals surface area contributed by atoms with Gasteiger partial charge >= 0.3 is 0 Å². The van der Waals surface area contributed by atoms with Crippen LogP contribution in [0.1, 0.15) is 25.6 Å². The van der Waals surface area contributed by atoms with Gasteiger partial charge in [0.2, 0.25) is 0 Å². The SMILES string of the molecule is CCCCc1nc2cc(N(CCCl)CCCl)ccc2n1C.CN. The number of hydrogen-bond donors (Lipinski definition) is 1. The highest BCUT2D eigenvalue weighted by Crippen LogP contribution is 2.23. The number of benzene rings is 1. The van der Waals surface area contributed by atoms with Crippen molar-refractivity contribution >= 4 is 39.9 Å². The second-order valence-corrected chi connectivity index (χ2v) is 5.98. The first kappa shape index (κ1) is 20.1. The zero-order chi connectivity index (χ0) is 17.2. The Balaban J connectivity index is 0.00000127. The van der Waals surface area contributed by atoms with Crippen molar-refractivity contribution in [1.29, 1.82) is 0 Å². The molecule has 0 bridgehead atoms. The molecule has 130 valence electrons. The number of hydrogen-bond acceptors (Lipinski definition) is 3. The van der Waals surface area contributed by atoms with E-state index in [9.17, 15) is 0 Å². The molecule has 2 aromatic rings. The number of imidazole rings is 1. The van der Waals surface area contributed by atoms with E-state index in [1.54, 1.807) is 0 Å². The van der Waals surface area contributed by atoms with Gasteiger partial charge in [-0.3, -0.25) is 0 Å². The average molecular weight is 359 g/mol. The molecular weight excluding hydrogens is 331 g/mol. The smallest absolute Gasteiger partial charge is 0.109 e. The zero-order valence-electron chi connectivity index (χ0n) is 14.4. The fourth-order valence-corrected chi connectivity index (χ4v) is 2.98. The lowest BCUT2D eigenvalue weighted by Crippen LogP contribution is -2.27. The molecule has 2 N–H and O–H groups in total. The highest BCUT2D eigenvalue weighted by atomic mass is 35.5. The number of aromatic nitrogens is 2. The van der Waals surface area contributed by atoms with E-state index in [0.717, 1.165) is 36.5 Å². The normalized spacial score (nSPS) is 10.5. The Labute approximate surface area is 149 Å². The summed E-state index contributed by atoms with van der Waals surface area (Å²) in [5.41, 5.74) is 7.88. The van der Waals surface area contributed by atoms with Crippen LogP contribution < -0.4 is 10.6 Å². The fraction of sp³-hybridized carbons (Fsp3) is 0.588. The van der Waals surface area contributed by atoms with Gasteiger partial charge in [0.1, 0.15) is 5.82 Å². The Morgan fingerprint density at radius 3 is 2.39 bits per heavy atom. The summed E-state index contributed by atoms with van der Waals surface area (Å²) in [4.78, 5) is 6.99. The second kappa shape index (κ2) is 10.7. The predicted octanol–water partition coefficient (Wildman–Crippen LogP) is 3.77. The van der Waals surface area contributed by atoms with Gasteiger partial charge in [-0.2, -0.15) is 0 Å². The highest BCUT2D eigenvalue weighted by molar-refractivity contribution is 6.18. The Bertz CT molecular complexity index is 577. The highest BCUT2D eigenvalue weighted by Gasteiger charge is 2.11. The van der Waals surface area contributed by atoms with Crippen molar-refractivity contribution in [3.05, 3.63) is 24.0 Å². The molecule has 0 aliphatic carbocycles. The molecule has 4 nitrogen and oxygen atoms in total. The first-order chi connectivity index (χ1) is 11.2. The van der Waals surface area contributed by atoms with Crippen molar-refractivity contribution in [1.82, 2.24) is 9.55 Å². The molecule has 0 saturated heterocycles. The van der Waals surface area contributed by atoms with Gasteiger partial charge in [-0.15, -0.1) is 23.2 Å². The molecule has 0 saturated carbocycles. The second-order valence-electron chi connectivity index (χ2n) is 5.23. The van der Waals surface area contributed by atoms with E-state index in [0.29, 0.717) is 11.8 Å². The van der Waals surface area contributed by atoms with Crippen LogP contribution in [0.15, 0.2) is 18.2 Å². The minimum absolute atomic E-state index is 0.596. The van der Waals surface area contributed by atoms with Gasteiger partial charge < -0.3 is 15.2 Å². The maximum atomic E-state index is 5.88. The van der Waals surface area contributed by atoms with Crippen molar-refractivity contribution in [2.45, 2.75) is 26.2 Å². The Morgan fingerprint density at radius 2 is 1.83 bits per heavy atom. The van der Waals surface area contributed by atoms with Gasteiger partial charge in [0.15, 0.2) is 0 Å². The van der Waals surface area contributed by atoms with Crippen LogP contribution in [0.4, 0.5) is 5.69 Å². The maximum absolute atomic E-state index is 5.88. The van der Waals surface area contributed by atoms with Gasteiger partial charge in [-0.05, 0) is 31.7 Å². The van der Waals surface area contributed by atoms with Crippen LogP contribution in [-0.2, 0) is 13.5 Å². The van der Waals surface area contributed by atoms with E-state index in [4.69, 9.17) is 28.2 Å². The third kappa shape index (κ3) is 5.27. The summed E-state index contributed by atoms with van der Waals surface area (Å²) in [6.07, 6.45) is 3.40. The summed E-state index contributed by atoms with van der Waals surface area (Å²) in [6, 6.07) is 6.42. The molecule has 0 radical (unpaired) electrons. The molecule has 0 aliphatic heterocycles. The molecular formula is C17H28Cl2N4. The average Bonchev–Trinajstić information content (AvgIpc) is 2.90. The van der Waals surface area contributed by atoms with Crippen LogP contribution in [0.25, 0.3) is 11.0 Å². The summed E-state index contributed by atoms with van der Waals surface area (Å²) in [7, 11) is 3.59. The van der Waals surface area contributed by atoms with Crippen LogP contribution in [-0.4, -0.2) is 41.4 Å². The fourth-order valence-electron chi connectivity index (χ4n) is 2.57. The van der Waals surface area contributed by atoms with Crippen molar-refractivity contribution < 1.29 is 0 Å². The molecule has 0 fully saturated rings. The number of aryl methyl sites for hydroxylation is 2. The number of anilines is 1. The first-order valence-electron chi connectivity index (χ1n) is 8.11. The first-order valence-corrected chi connectivity index (χ1v) is 9.18. The Kier molecular flexibility index (Phi) is 9.37. The van der Waals surface area contributed by atoms with Gasteiger partial charge in [0.25, 0.3) is 0 Å². The molecule has 1 heterocycles. The van der Waals surface area contributed by atoms with Gasteiger partial charge in [0.05, 0.1) is 11.0 Å². The predicted molar refractivity (Wildman–Crippen MR) is 103 cm³/mol. The number of nitrogens with two attached hydrogens (primary N) is 1. The van der Waals surface area contributed by atoms with Crippen LogP contribution in [0.5, 0.6) is 0 Å². The summed E-state index contributed by atoms with van der Waals surface area (Å²) >= 11 is 11.8. The number of nitrogens with zero attached hydrogens (tertiary/aromatic N) is 3. The standard InChI is InChI=1S/C16H23Cl2N3.CH5N/c1-3-4-5-16-19-14-12-13(6-7-15(14)20(16)2)21(10-8-17)11-9-18;1-2/h6-7,12H,3-5,8-11H2,1-2H3;2H2,1H3. The van der Waals surface area contributed by atoms with Crippen molar-refractivity contribution in [2.24, 2.45) is 12.8 Å². The molecule has 0 spiro atoms. The molecule has 0 atom stereocenters. The summed E-state index contributed by atoms with van der Waals surface area (Å²) in [5.74, 6) is 2.35. The van der Waals surface area contributed by atoms with Crippen LogP contribution >= 0.6 is 23.2 Å². The topological polar surface area (TPSA) is 47.1 Å². The molecule has 0 amide bonds. The van der Waals surface area contributed by atoms with Crippen LogP contribution in [0.2, 0.25) is 0 Å². The Morgan fingerprint density at radius 1 is 1.17 bits per heavy atom. The summed E-state index contributed by atoms with van der Waals surface area (Å²) < 4.78 is 2.20. The van der Waals surface area contributed by atoms with Gasteiger partial charge in [0, 0.05) is 44.0 Å². The number of halogens is 2. The van der Waals surface area contributed by atoms with Crippen molar-refractivity contribution in [2.75, 3.05) is 36.8 Å². The molecule has 1 aromatic heterocycles. The van der Waals surface area contributed by atoms with E-state index in [1.807, 2.05) is 0 Å². The molecule has 6 heteroatoms. The van der Waals surface area contributed by atoms with E-state index in [2.05, 4.69) is 47.4 Å². The number of unbranched alkanes of at least 4 members (excludes halogenated alkanes) is 1. The lowest BCUT2D eigenvalue weighted by molar-refractivity contribution is 0.720. The van der Waals surface area contributed by atoms with E-state index in [-0.39, 0.29) is 0 Å². The molecule has 23 heavy (non-hydrogen) atoms. The lowest BCUT2D eigenvalue weighted by atomic mass is 10.2. The largest absolute Gasteiger partial charge is 0.369 e. The monoisotopic (exact) mass is 358 g/mol. The van der Waals surface area contributed by atoms with E-state index < -0.39 is 0 Å². The number of alkyl halides is 2. The molecule has 0 aliphatic rings. The van der Waals surface area contributed by atoms with Gasteiger partial charge in [-0.1, -0.05) is 13.3 Å². The summed E-state index contributed by atoms with van der Waals surface area (Å²) in [5, 5.41) is 0. The minimum atomic E-state index is 0.596. The van der Waals surface area contributed by atoms with Crippen molar-refractivity contribution in [3.8, 4) is 0 Å². The maximum Gasteiger partial charge on any atom is 0.109 e. The number of rotatable bonds is 8. The minimum Gasteiger partial charge on any atom is -0.369 e. The molecule has 0 unspecified atom stereocenters. The lowest BCUT2D eigenvalue weighted by Gasteiger charge is -2.22. The summed E-state index contributed by atoms with van der Waals surface area (Å²) in [6.45, 7) is 3.81. The third-order valence-electron chi connectivity index (χ3n) is 3.78. The number of fused-ring (bicyclic) bond motifs is 1. The molecule has 2 rings (SSSR count). The zero-order valence-corrected chi connectivity index (χ0v) is 15.9. The van der Waals surface area contributed by atoms with Crippen molar-refractivity contribution in [3.63, 3.8) is 0 Å². The van der Waals surface area contributed by atoms with Crippen LogP contribution in [0.3, 0.4) is 0 Å². The molecule has 1 aromatic carbocycles. The quantitative estimate of drug-likeness (QED) is 0.730. The third-order valence-corrected chi connectivity index (χ3v) is 4.12. The van der Waals surface area contributed by atoms with Crippen LogP contribution in [0, 0.1) is 0 Å². The van der Waals surface area contributed by atoms with E-state index >= 15 is 0 Å². The van der Waals surface area contributed by atoms with E-state index in [1.165, 1.54) is 25.4 Å².